The fraction of sp³-hybridized carbons (Fsp3) is 1.00. The van der Waals surface area contributed by atoms with Gasteiger partial charge in [0.05, 0.1) is 0 Å². The van der Waals surface area contributed by atoms with Gasteiger partial charge in [-0.05, 0) is 33.0 Å². The molecule has 0 amide bonds. The summed E-state index contributed by atoms with van der Waals surface area (Å²) in [4.78, 5) is 2.60. The molecule has 0 radical (unpaired) electrons. The van der Waals surface area contributed by atoms with Crippen molar-refractivity contribution in [1.29, 1.82) is 0 Å². The molecule has 96 valence electrons. The number of likely N-dealkylation sites (N-methyl/N-ethyl adjacent to an activating group) is 1. The summed E-state index contributed by atoms with van der Waals surface area (Å²) in [7, 11) is 1.73. The van der Waals surface area contributed by atoms with Crippen LogP contribution in [-0.2, 0) is 0 Å². The summed E-state index contributed by atoms with van der Waals surface area (Å²) in [6.07, 6.45) is -1.72. The molecule has 0 spiro atoms. The maximum atomic E-state index is 12.3. The van der Waals surface area contributed by atoms with Gasteiger partial charge in [0, 0.05) is 19.6 Å². The molecule has 0 saturated carbocycles. The van der Waals surface area contributed by atoms with Crippen molar-refractivity contribution in [2.75, 3.05) is 39.8 Å². The molecule has 0 bridgehead atoms. The molecule has 1 atom stereocenters. The lowest BCUT2D eigenvalue weighted by atomic mass is 10.3. The van der Waals surface area contributed by atoms with Gasteiger partial charge in [-0.15, -0.1) is 0 Å². The van der Waals surface area contributed by atoms with Crippen LogP contribution in [0.15, 0.2) is 0 Å². The van der Waals surface area contributed by atoms with E-state index in [-0.39, 0.29) is 6.54 Å². The first-order valence-corrected chi connectivity index (χ1v) is 6.43. The molecule has 0 aromatic carbocycles. The lowest BCUT2D eigenvalue weighted by molar-refractivity contribution is -0.130. The van der Waals surface area contributed by atoms with Gasteiger partial charge >= 0.3 is 6.18 Å². The van der Waals surface area contributed by atoms with E-state index in [2.05, 4.69) is 20.8 Å². The Labute approximate surface area is 103 Å². The Morgan fingerprint density at radius 3 is 2.38 bits per heavy atom. The van der Waals surface area contributed by atoms with Gasteiger partial charge in [-0.1, -0.05) is 15.9 Å². The minimum absolute atomic E-state index is 0.0112. The second-order valence-corrected chi connectivity index (χ2v) is 5.43. The quantitative estimate of drug-likeness (QED) is 0.719. The Hall–Kier alpha value is 0.190. The highest BCUT2D eigenvalue weighted by Gasteiger charge is 2.38. The number of halogens is 4. The average Bonchev–Trinajstić information content (AvgIpc) is 2.65. The number of nitrogens with zero attached hydrogens (tertiary/aromatic N) is 2. The van der Waals surface area contributed by atoms with E-state index in [9.17, 15) is 13.2 Å². The zero-order chi connectivity index (χ0) is 12.2. The highest BCUT2D eigenvalue weighted by atomic mass is 79.9. The van der Waals surface area contributed by atoms with Gasteiger partial charge < -0.3 is 9.80 Å². The molecule has 0 aromatic heterocycles. The van der Waals surface area contributed by atoms with Crippen molar-refractivity contribution >= 4 is 15.9 Å². The van der Waals surface area contributed by atoms with Crippen LogP contribution >= 0.6 is 15.9 Å². The third kappa shape index (κ3) is 5.01. The van der Waals surface area contributed by atoms with Crippen LogP contribution in [-0.4, -0.2) is 60.6 Å². The summed E-state index contributed by atoms with van der Waals surface area (Å²) in [5, 5.41) is 0. The molecule has 1 heterocycles. The first-order chi connectivity index (χ1) is 7.39. The van der Waals surface area contributed by atoms with Crippen LogP contribution in [0.1, 0.15) is 12.8 Å². The third-order valence-corrected chi connectivity index (χ3v) is 3.63. The fourth-order valence-electron chi connectivity index (χ4n) is 1.79. The van der Waals surface area contributed by atoms with Crippen LogP contribution < -0.4 is 0 Å². The molecule has 1 unspecified atom stereocenters. The second-order valence-electron chi connectivity index (χ2n) is 4.32. The van der Waals surface area contributed by atoms with Gasteiger partial charge in [-0.3, -0.25) is 0 Å². The van der Waals surface area contributed by atoms with Crippen molar-refractivity contribution in [3.05, 3.63) is 0 Å². The number of rotatable bonds is 5. The maximum Gasteiger partial charge on any atom is 0.402 e. The zero-order valence-electron chi connectivity index (χ0n) is 9.43. The molecule has 1 aliphatic rings. The van der Waals surface area contributed by atoms with Gasteiger partial charge in [0.2, 0.25) is 0 Å². The van der Waals surface area contributed by atoms with Crippen molar-refractivity contribution in [3.8, 4) is 0 Å². The van der Waals surface area contributed by atoms with E-state index >= 15 is 0 Å². The number of hydrogen-bond acceptors (Lipinski definition) is 2. The van der Waals surface area contributed by atoms with E-state index in [4.69, 9.17) is 0 Å². The summed E-state index contributed by atoms with van der Waals surface area (Å²) < 4.78 is 36.8. The molecule has 6 heteroatoms. The lowest BCUT2D eigenvalue weighted by Crippen LogP contribution is -2.38. The SMILES string of the molecule is CN(CCN1CCCC1)CC(Br)C(F)(F)F. The first kappa shape index (κ1) is 14.3. The zero-order valence-corrected chi connectivity index (χ0v) is 11.0. The van der Waals surface area contributed by atoms with Crippen LogP contribution in [0.25, 0.3) is 0 Å². The van der Waals surface area contributed by atoms with Crippen LogP contribution in [0.2, 0.25) is 0 Å². The van der Waals surface area contributed by atoms with Crippen LogP contribution in [0.4, 0.5) is 13.2 Å². The highest BCUT2D eigenvalue weighted by Crippen LogP contribution is 2.26. The molecular formula is C10H18BrF3N2. The first-order valence-electron chi connectivity index (χ1n) is 5.51. The van der Waals surface area contributed by atoms with Gasteiger partial charge in [0.25, 0.3) is 0 Å². The van der Waals surface area contributed by atoms with E-state index in [1.807, 2.05) is 0 Å². The number of hydrogen-bond donors (Lipinski definition) is 0. The molecule has 1 aliphatic heterocycles. The standard InChI is InChI=1S/C10H18BrF3N2/c1-15(8-9(11)10(12,13)14)6-7-16-4-2-3-5-16/h9H,2-8H2,1H3. The molecule has 0 N–H and O–H groups in total. The Morgan fingerprint density at radius 1 is 1.31 bits per heavy atom. The summed E-state index contributed by atoms with van der Waals surface area (Å²) in [5.41, 5.74) is 0. The van der Waals surface area contributed by atoms with E-state index in [0.717, 1.165) is 19.6 Å². The molecular weight excluding hydrogens is 285 g/mol. The van der Waals surface area contributed by atoms with Gasteiger partial charge in [-0.25, -0.2) is 0 Å². The van der Waals surface area contributed by atoms with Crippen LogP contribution in [0.3, 0.4) is 0 Å². The topological polar surface area (TPSA) is 6.48 Å². The monoisotopic (exact) mass is 302 g/mol. The predicted molar refractivity (Wildman–Crippen MR) is 61.9 cm³/mol. The van der Waals surface area contributed by atoms with Crippen molar-refractivity contribution in [2.45, 2.75) is 23.8 Å². The van der Waals surface area contributed by atoms with Crippen molar-refractivity contribution in [2.24, 2.45) is 0 Å². The van der Waals surface area contributed by atoms with E-state index in [1.165, 1.54) is 12.8 Å². The Morgan fingerprint density at radius 2 is 1.88 bits per heavy atom. The summed E-state index contributed by atoms with van der Waals surface area (Å²) in [6, 6.07) is 0. The van der Waals surface area contributed by atoms with Crippen molar-refractivity contribution < 1.29 is 13.2 Å². The van der Waals surface area contributed by atoms with Crippen molar-refractivity contribution in [3.63, 3.8) is 0 Å². The number of likely N-dealkylation sites (tertiary alicyclic amines) is 1. The van der Waals surface area contributed by atoms with Gasteiger partial charge in [0.1, 0.15) is 4.83 Å². The summed E-state index contributed by atoms with van der Waals surface area (Å²) in [6.45, 7) is 3.75. The summed E-state index contributed by atoms with van der Waals surface area (Å²) >= 11 is 2.67. The largest absolute Gasteiger partial charge is 0.402 e. The molecule has 0 aromatic rings. The maximum absolute atomic E-state index is 12.3. The minimum atomic E-state index is -4.15. The smallest absolute Gasteiger partial charge is 0.304 e. The predicted octanol–water partition coefficient (Wildman–Crippen LogP) is 2.34. The van der Waals surface area contributed by atoms with Crippen LogP contribution in [0.5, 0.6) is 0 Å². The molecule has 0 aliphatic carbocycles. The van der Waals surface area contributed by atoms with E-state index in [1.54, 1.807) is 11.9 Å². The van der Waals surface area contributed by atoms with Crippen molar-refractivity contribution in [1.82, 2.24) is 9.80 Å². The number of alkyl halides is 4. The highest BCUT2D eigenvalue weighted by molar-refractivity contribution is 9.09. The van der Waals surface area contributed by atoms with E-state index < -0.39 is 11.0 Å². The third-order valence-electron chi connectivity index (χ3n) is 2.82. The van der Waals surface area contributed by atoms with Crippen LogP contribution in [0, 0.1) is 0 Å². The summed E-state index contributed by atoms with van der Waals surface area (Å²) in [5.74, 6) is 0. The van der Waals surface area contributed by atoms with E-state index in [0.29, 0.717) is 6.54 Å². The fourth-order valence-corrected chi connectivity index (χ4v) is 2.28. The normalized spacial score (nSPS) is 20.6. The minimum Gasteiger partial charge on any atom is -0.304 e. The lowest BCUT2D eigenvalue weighted by Gasteiger charge is -2.24. The average molecular weight is 303 g/mol. The molecule has 2 nitrogen and oxygen atoms in total. The molecule has 1 fully saturated rings. The Bertz CT molecular complexity index is 205. The second kappa shape index (κ2) is 6.21. The Balaban J connectivity index is 2.17. The molecule has 1 saturated heterocycles. The van der Waals surface area contributed by atoms with Gasteiger partial charge in [-0.2, -0.15) is 13.2 Å². The molecule has 1 rings (SSSR count). The van der Waals surface area contributed by atoms with Gasteiger partial charge in [0.15, 0.2) is 0 Å². The molecule has 16 heavy (non-hydrogen) atoms. The Kier molecular flexibility index (Phi) is 5.53.